The van der Waals surface area contributed by atoms with E-state index in [2.05, 4.69) is 122 Å². The van der Waals surface area contributed by atoms with Gasteiger partial charge in [0, 0.05) is 91.7 Å². The van der Waals surface area contributed by atoms with Gasteiger partial charge in [-0.2, -0.15) is 0 Å². The van der Waals surface area contributed by atoms with Crippen LogP contribution in [0, 0.1) is 34.1 Å². The molecule has 0 bridgehead atoms. The summed E-state index contributed by atoms with van der Waals surface area (Å²) in [6, 6.07) is 15.6. The zero-order valence-corrected chi connectivity index (χ0v) is 50.6. The van der Waals surface area contributed by atoms with Crippen LogP contribution in [0.1, 0.15) is 112 Å². The topological polar surface area (TPSA) is 181 Å². The molecule has 0 unspecified atom stereocenters. The third-order valence-electron chi connectivity index (χ3n) is 16.3. The number of piperidine rings is 3. The zero-order valence-electron chi connectivity index (χ0n) is 47.4. The molecule has 424 valence electrons. The van der Waals surface area contributed by atoms with E-state index in [1.165, 1.54) is 0 Å². The van der Waals surface area contributed by atoms with E-state index in [9.17, 15) is 20.2 Å². The number of nitrogens with zero attached hydrogens (tertiary/aromatic N) is 8. The van der Waals surface area contributed by atoms with Crippen molar-refractivity contribution in [3.05, 3.63) is 130 Å². The summed E-state index contributed by atoms with van der Waals surface area (Å²) in [6.07, 6.45) is 17.7. The first-order valence-electron chi connectivity index (χ1n) is 27.8. The second-order valence-corrected chi connectivity index (χ2v) is 24.6. The Hall–Kier alpha value is -5.09. The minimum absolute atomic E-state index is 0.153. The second kappa shape index (κ2) is 26.7. The lowest BCUT2D eigenvalue weighted by Gasteiger charge is -2.32. The summed E-state index contributed by atoms with van der Waals surface area (Å²) in [6.45, 7) is 18.5. The lowest BCUT2D eigenvalue weighted by Crippen LogP contribution is -2.41. The molecule has 4 fully saturated rings. The monoisotopic (exact) mass is 1210 g/mol. The Kier molecular flexibility index (Phi) is 20.3. The number of rotatable bonds is 10. The zero-order chi connectivity index (χ0) is 56.6. The second-order valence-electron chi connectivity index (χ2n) is 22.8. The molecule has 4 saturated heterocycles. The first-order valence-corrected chi connectivity index (χ1v) is 29.4. The van der Waals surface area contributed by atoms with Crippen LogP contribution in [0.3, 0.4) is 0 Å². The van der Waals surface area contributed by atoms with Crippen molar-refractivity contribution < 1.29 is 33.4 Å². The van der Waals surface area contributed by atoms with Gasteiger partial charge in [0.2, 0.25) is 17.6 Å². The van der Waals surface area contributed by atoms with Gasteiger partial charge < -0.3 is 38.2 Å². The van der Waals surface area contributed by atoms with Crippen molar-refractivity contribution in [2.75, 3.05) is 60.4 Å². The van der Waals surface area contributed by atoms with Gasteiger partial charge in [-0.15, -0.1) is 0 Å². The number of nitro benzene ring substituents is 2. The van der Waals surface area contributed by atoms with Crippen LogP contribution < -0.4 is 19.7 Å². The number of aryl methyl sites for hydroxylation is 4. The van der Waals surface area contributed by atoms with Gasteiger partial charge in [0.15, 0.2) is 0 Å². The predicted octanol–water partition coefficient (Wildman–Crippen LogP) is 11.3. The highest BCUT2D eigenvalue weighted by Crippen LogP contribution is 2.43. The molecule has 2 aliphatic carbocycles. The highest BCUT2D eigenvalue weighted by Gasteiger charge is 2.52. The number of benzene rings is 2. The van der Waals surface area contributed by atoms with Crippen LogP contribution in [-0.4, -0.2) is 137 Å². The van der Waals surface area contributed by atoms with Gasteiger partial charge in [-0.05, 0) is 207 Å². The van der Waals surface area contributed by atoms with Crippen LogP contribution in [0.5, 0.6) is 17.6 Å². The largest absolute Gasteiger partial charge is 0.495 e. The molecule has 7 heterocycles. The third kappa shape index (κ3) is 15.5. The number of likely N-dealkylation sites (tertiary alicyclic amines) is 3. The van der Waals surface area contributed by atoms with E-state index < -0.39 is 0 Å². The Morgan fingerprint density at radius 3 is 1.47 bits per heavy atom. The Balaban J connectivity index is 0.000000144. The van der Waals surface area contributed by atoms with Crippen LogP contribution in [-0.2, 0) is 35.0 Å². The van der Waals surface area contributed by atoms with Crippen molar-refractivity contribution in [2.24, 2.45) is 0 Å². The van der Waals surface area contributed by atoms with Gasteiger partial charge in [0.05, 0.1) is 31.1 Å². The fourth-order valence-electron chi connectivity index (χ4n) is 11.0. The highest BCUT2D eigenvalue weighted by molar-refractivity contribution is 9.11. The Labute approximate surface area is 483 Å². The molecular formula is C59H77BBr2N8O9. The number of ether oxygens (including phenoxy) is 3. The van der Waals surface area contributed by atoms with Crippen LogP contribution in [0.4, 0.5) is 11.4 Å². The molecule has 0 amide bonds. The molecule has 0 N–H and O–H groups in total. The normalized spacial score (nSPS) is 19.4. The minimum Gasteiger partial charge on any atom is -0.474 e. The smallest absolute Gasteiger partial charge is 0.474 e. The Morgan fingerprint density at radius 1 is 0.582 bits per heavy atom. The van der Waals surface area contributed by atoms with E-state index in [0.29, 0.717) is 27.9 Å². The van der Waals surface area contributed by atoms with Gasteiger partial charge in [-0.3, -0.25) is 20.2 Å². The van der Waals surface area contributed by atoms with Gasteiger partial charge in [-0.1, -0.05) is 28.1 Å². The standard InChI is InChI=1S/C21H25N3O3.C17H27BN2O3.C11H15BrN2O.C10H10BrNO2/c1-14-12-15-4-3-5-18(15)21(24(25)26)20(14)16-6-9-22-19(13-16)27-17-7-10-23(2)11-8-17;1-16(2)17(3,4)23-18(22-16)13-6-9-19-15(12-13)21-14-7-10-20(5)11-8-14;1-14-6-3-10(4-7-14)15-11-8-9(12)2-5-13-11;1-6-5-7-3-2-4-8(7)10(9(6)11)12(13)14/h6,9,12-13,17H,3-5,7-8,10-11H2,1-2H3;6,9,12,14H,7-8,10-11H2,1-5H3;2,5,8,10H,3-4,6-7H2,1H3;5H,2-4H2,1H3. The lowest BCUT2D eigenvalue weighted by atomic mass is 9.80. The Bertz CT molecular complexity index is 2910. The minimum atomic E-state index is -0.372. The number of nitro groups is 2. The summed E-state index contributed by atoms with van der Waals surface area (Å²) in [5, 5.41) is 22.8. The average Bonchev–Trinajstić information content (AvgIpc) is 4.29. The van der Waals surface area contributed by atoms with Gasteiger partial charge in [0.25, 0.3) is 11.4 Å². The number of pyridine rings is 3. The number of aromatic nitrogens is 3. The van der Waals surface area contributed by atoms with E-state index in [1.807, 2.05) is 50.2 Å². The van der Waals surface area contributed by atoms with Crippen molar-refractivity contribution in [1.82, 2.24) is 29.7 Å². The van der Waals surface area contributed by atoms with Gasteiger partial charge >= 0.3 is 7.12 Å². The number of fused-ring (bicyclic) bond motifs is 2. The fourth-order valence-corrected chi connectivity index (χ4v) is 11.8. The molecule has 0 spiro atoms. The molecule has 0 atom stereocenters. The number of halogens is 2. The van der Waals surface area contributed by atoms with E-state index in [-0.39, 0.29) is 51.7 Å². The first kappa shape index (κ1) is 60.0. The van der Waals surface area contributed by atoms with E-state index in [1.54, 1.807) is 18.6 Å². The average molecular weight is 1210 g/mol. The maximum Gasteiger partial charge on any atom is 0.495 e. The maximum atomic E-state index is 11.9. The molecule has 11 rings (SSSR count). The van der Waals surface area contributed by atoms with Crippen molar-refractivity contribution in [2.45, 2.75) is 148 Å². The van der Waals surface area contributed by atoms with Crippen molar-refractivity contribution in [3.8, 4) is 28.8 Å². The fraction of sp³-hybridized carbons (Fsp3) is 0.542. The molecule has 2 aromatic carbocycles. The van der Waals surface area contributed by atoms with Crippen molar-refractivity contribution >= 4 is 55.8 Å². The third-order valence-corrected chi connectivity index (χ3v) is 17.8. The van der Waals surface area contributed by atoms with Gasteiger partial charge in [-0.25, -0.2) is 15.0 Å². The molecule has 6 aliphatic rings. The molecule has 0 radical (unpaired) electrons. The molecule has 4 aliphatic heterocycles. The van der Waals surface area contributed by atoms with Crippen LogP contribution in [0.15, 0.2) is 76.1 Å². The SMILES string of the molecule is CN1CCC(Oc2cc(B3OC(C)(C)C(C)(C)O3)ccn2)CC1.CN1CCC(Oc2cc(Br)ccn2)CC1.Cc1cc2c(c([N+](=O)[O-])c1-c1ccnc(OC3CCN(C)CC3)c1)CCC2.Cc1cc2c(c([N+](=O)[O-])c1Br)CCC2. The number of hydrogen-bond acceptors (Lipinski definition) is 15. The summed E-state index contributed by atoms with van der Waals surface area (Å²) in [5.41, 5.74) is 8.34. The molecule has 5 aromatic rings. The summed E-state index contributed by atoms with van der Waals surface area (Å²) >= 11 is 6.70. The van der Waals surface area contributed by atoms with Crippen LogP contribution in [0.25, 0.3) is 11.1 Å². The van der Waals surface area contributed by atoms with E-state index >= 15 is 0 Å². The molecule has 0 saturated carbocycles. The quantitative estimate of drug-likeness (QED) is 0.0731. The lowest BCUT2D eigenvalue weighted by molar-refractivity contribution is -0.386. The number of hydrogen-bond donors (Lipinski definition) is 0. The maximum absolute atomic E-state index is 11.9. The van der Waals surface area contributed by atoms with Crippen LogP contribution in [0.2, 0.25) is 0 Å². The van der Waals surface area contributed by atoms with E-state index in [0.717, 1.165) is 171 Å². The highest BCUT2D eigenvalue weighted by atomic mass is 79.9. The van der Waals surface area contributed by atoms with Gasteiger partial charge in [0.1, 0.15) is 18.3 Å². The molecular weight excluding hydrogens is 1140 g/mol. The summed E-state index contributed by atoms with van der Waals surface area (Å²) in [4.78, 5) is 42.1. The summed E-state index contributed by atoms with van der Waals surface area (Å²) < 4.78 is 31.8. The van der Waals surface area contributed by atoms with Crippen molar-refractivity contribution in [3.63, 3.8) is 0 Å². The Morgan fingerprint density at radius 2 is 1.00 bits per heavy atom. The summed E-state index contributed by atoms with van der Waals surface area (Å²) in [5.74, 6) is 1.93. The van der Waals surface area contributed by atoms with E-state index in [4.69, 9.17) is 23.5 Å². The molecule has 17 nitrogen and oxygen atoms in total. The van der Waals surface area contributed by atoms with Crippen molar-refractivity contribution in [1.29, 1.82) is 0 Å². The molecule has 3 aromatic heterocycles. The molecule has 20 heteroatoms. The summed E-state index contributed by atoms with van der Waals surface area (Å²) in [7, 11) is 6.04. The van der Waals surface area contributed by atoms with Crippen LogP contribution >= 0.6 is 31.9 Å². The molecule has 79 heavy (non-hydrogen) atoms. The first-order chi connectivity index (χ1) is 37.6. The predicted molar refractivity (Wildman–Crippen MR) is 316 cm³/mol.